The normalized spacial score (nSPS) is 11.7. The molecule has 0 nitrogen and oxygen atoms in total. The fourth-order valence-corrected chi connectivity index (χ4v) is 2.34. The van der Waals surface area contributed by atoms with Crippen LogP contribution >= 0.6 is 23.2 Å². The molecule has 0 aliphatic rings. The molecule has 2 aromatic rings. The van der Waals surface area contributed by atoms with Crippen molar-refractivity contribution in [3.8, 4) is 11.1 Å². The van der Waals surface area contributed by atoms with Crippen LogP contribution in [0.3, 0.4) is 0 Å². The molecule has 100 valence electrons. The zero-order valence-electron chi connectivity index (χ0n) is 9.23. The molecule has 0 aromatic heterocycles. The van der Waals surface area contributed by atoms with Crippen molar-refractivity contribution in [1.82, 2.24) is 0 Å². The lowest BCUT2D eigenvalue weighted by Crippen LogP contribution is -2.08. The van der Waals surface area contributed by atoms with E-state index in [4.69, 9.17) is 23.2 Å². The summed E-state index contributed by atoms with van der Waals surface area (Å²) in [5, 5.41) is -0.0776. The van der Waals surface area contributed by atoms with Gasteiger partial charge in [0.1, 0.15) is 5.82 Å². The molecule has 6 heteroatoms. The average Bonchev–Trinajstić information content (AvgIpc) is 2.29. The van der Waals surface area contributed by atoms with Crippen molar-refractivity contribution < 1.29 is 17.6 Å². The molecule has 0 saturated carbocycles. The smallest absolute Gasteiger partial charge is 0.206 e. The first-order valence-electron chi connectivity index (χ1n) is 5.12. The highest BCUT2D eigenvalue weighted by Crippen LogP contribution is 2.43. The summed E-state index contributed by atoms with van der Waals surface area (Å²) in [7, 11) is 0. The third-order valence-electron chi connectivity index (χ3n) is 2.53. The Kier molecular flexibility index (Phi) is 3.74. The van der Waals surface area contributed by atoms with Crippen LogP contribution in [-0.2, 0) is 6.18 Å². The van der Waals surface area contributed by atoms with E-state index in [0.717, 1.165) is 18.2 Å². The lowest BCUT2D eigenvalue weighted by Gasteiger charge is -2.15. The van der Waals surface area contributed by atoms with E-state index in [1.54, 1.807) is 0 Å². The lowest BCUT2D eigenvalue weighted by atomic mass is 9.98. The quantitative estimate of drug-likeness (QED) is 0.582. The Bertz CT molecular complexity index is 600. The van der Waals surface area contributed by atoms with E-state index in [0.29, 0.717) is 0 Å². The van der Waals surface area contributed by atoms with Crippen LogP contribution in [0.25, 0.3) is 11.1 Å². The van der Waals surface area contributed by atoms with Gasteiger partial charge >= 0.3 is 6.18 Å². The van der Waals surface area contributed by atoms with Gasteiger partial charge in [-0.15, -0.1) is 0 Å². The molecule has 0 fully saturated rings. The summed E-state index contributed by atoms with van der Waals surface area (Å²) in [5.74, 6) is -1.02. The van der Waals surface area contributed by atoms with Gasteiger partial charge in [-0.3, -0.25) is 0 Å². The Labute approximate surface area is 116 Å². The van der Waals surface area contributed by atoms with Crippen LogP contribution in [0, 0.1) is 5.82 Å². The number of halogens is 6. The molecule has 2 aromatic carbocycles. The van der Waals surface area contributed by atoms with Crippen LogP contribution in [0.4, 0.5) is 17.6 Å². The Balaban J connectivity index is 2.83. The maximum absolute atomic E-state index is 13.8. The van der Waals surface area contributed by atoms with Crippen LogP contribution in [0.15, 0.2) is 36.4 Å². The van der Waals surface area contributed by atoms with E-state index >= 15 is 0 Å². The molecule has 2 rings (SSSR count). The van der Waals surface area contributed by atoms with Crippen LogP contribution in [0.2, 0.25) is 10.0 Å². The Morgan fingerprint density at radius 3 is 1.84 bits per heavy atom. The van der Waals surface area contributed by atoms with Crippen molar-refractivity contribution in [3.63, 3.8) is 0 Å². The Morgan fingerprint density at radius 1 is 0.789 bits per heavy atom. The molecule has 0 atom stereocenters. The second-order valence-electron chi connectivity index (χ2n) is 3.76. The van der Waals surface area contributed by atoms with Crippen LogP contribution in [-0.4, -0.2) is 0 Å². The zero-order valence-corrected chi connectivity index (χ0v) is 10.7. The monoisotopic (exact) mass is 308 g/mol. The van der Waals surface area contributed by atoms with Gasteiger partial charge in [0.15, 0.2) is 0 Å². The topological polar surface area (TPSA) is 0 Å². The molecule has 0 unspecified atom stereocenters. The van der Waals surface area contributed by atoms with Gasteiger partial charge in [-0.1, -0.05) is 35.3 Å². The van der Waals surface area contributed by atoms with E-state index in [9.17, 15) is 17.6 Å². The van der Waals surface area contributed by atoms with E-state index in [-0.39, 0.29) is 15.6 Å². The zero-order chi connectivity index (χ0) is 14.2. The Morgan fingerprint density at radius 2 is 1.32 bits per heavy atom. The van der Waals surface area contributed by atoms with Crippen LogP contribution in [0.5, 0.6) is 0 Å². The molecule has 0 heterocycles. The molecule has 0 amide bonds. The van der Waals surface area contributed by atoms with Crippen molar-refractivity contribution >= 4 is 23.2 Å². The van der Waals surface area contributed by atoms with Crippen molar-refractivity contribution in [2.45, 2.75) is 6.18 Å². The molecule has 0 N–H and O–H groups in total. The van der Waals surface area contributed by atoms with Crippen LogP contribution < -0.4 is 0 Å². The molecule has 0 saturated heterocycles. The summed E-state index contributed by atoms with van der Waals surface area (Å²) in [5.41, 5.74) is -1.90. The first-order valence-corrected chi connectivity index (χ1v) is 5.88. The highest BCUT2D eigenvalue weighted by Gasteiger charge is 2.35. The number of rotatable bonds is 1. The predicted octanol–water partition coefficient (Wildman–Crippen LogP) is 5.82. The Hall–Kier alpha value is -1.26. The van der Waals surface area contributed by atoms with E-state index < -0.39 is 23.1 Å². The number of hydrogen-bond acceptors (Lipinski definition) is 0. The molecular weight excluding hydrogens is 303 g/mol. The molecule has 0 aliphatic heterocycles. The van der Waals surface area contributed by atoms with E-state index in [1.807, 2.05) is 0 Å². The van der Waals surface area contributed by atoms with Crippen molar-refractivity contribution in [2.24, 2.45) is 0 Å². The molecule has 0 radical (unpaired) electrons. The summed E-state index contributed by atoms with van der Waals surface area (Å²) >= 11 is 11.7. The average molecular weight is 309 g/mol. The second-order valence-corrected chi connectivity index (χ2v) is 4.57. The number of hydrogen-bond donors (Lipinski definition) is 0. The molecule has 0 aliphatic carbocycles. The second kappa shape index (κ2) is 5.02. The third kappa shape index (κ3) is 2.69. The summed E-state index contributed by atoms with van der Waals surface area (Å²) in [6, 6.07) is 6.90. The largest absolute Gasteiger partial charge is 0.417 e. The summed E-state index contributed by atoms with van der Waals surface area (Å²) < 4.78 is 52.6. The highest BCUT2D eigenvalue weighted by molar-refractivity contribution is 6.39. The van der Waals surface area contributed by atoms with Gasteiger partial charge in [-0.2, -0.15) is 13.2 Å². The number of benzene rings is 2. The molecular formula is C13H6Cl2F4. The number of alkyl halides is 3. The van der Waals surface area contributed by atoms with Crippen LogP contribution in [0.1, 0.15) is 5.56 Å². The van der Waals surface area contributed by atoms with Gasteiger partial charge in [0.2, 0.25) is 0 Å². The predicted molar refractivity (Wildman–Crippen MR) is 66.9 cm³/mol. The first-order chi connectivity index (χ1) is 8.82. The maximum Gasteiger partial charge on any atom is 0.417 e. The molecule has 19 heavy (non-hydrogen) atoms. The van der Waals surface area contributed by atoms with Crippen molar-refractivity contribution in [1.29, 1.82) is 0 Å². The summed E-state index contributed by atoms with van der Waals surface area (Å²) in [6.45, 7) is 0. The highest BCUT2D eigenvalue weighted by atomic mass is 35.5. The van der Waals surface area contributed by atoms with E-state index in [2.05, 4.69) is 0 Å². The SMILES string of the molecule is Fc1cccc(C(F)(F)F)c1-c1c(Cl)cccc1Cl. The first kappa shape index (κ1) is 14.2. The fourth-order valence-electron chi connectivity index (χ4n) is 1.75. The van der Waals surface area contributed by atoms with E-state index in [1.165, 1.54) is 18.2 Å². The van der Waals surface area contributed by atoms with Gasteiger partial charge in [0.25, 0.3) is 0 Å². The third-order valence-corrected chi connectivity index (χ3v) is 3.16. The summed E-state index contributed by atoms with van der Waals surface area (Å²) in [4.78, 5) is 0. The van der Waals surface area contributed by atoms with Gasteiger partial charge in [-0.25, -0.2) is 4.39 Å². The van der Waals surface area contributed by atoms with Gasteiger partial charge in [0, 0.05) is 11.1 Å². The minimum atomic E-state index is -4.69. The fraction of sp³-hybridized carbons (Fsp3) is 0.0769. The maximum atomic E-state index is 13.8. The van der Waals surface area contributed by atoms with Crippen molar-refractivity contribution in [2.75, 3.05) is 0 Å². The van der Waals surface area contributed by atoms with Gasteiger partial charge in [0.05, 0.1) is 15.6 Å². The standard InChI is InChI=1S/C13H6Cl2F4/c14-8-4-2-5-9(15)12(8)11-7(13(17,18)19)3-1-6-10(11)16/h1-6H. The molecule has 0 bridgehead atoms. The van der Waals surface area contributed by atoms with Gasteiger partial charge in [-0.05, 0) is 24.3 Å². The minimum absolute atomic E-state index is 0.0388. The van der Waals surface area contributed by atoms with Crippen molar-refractivity contribution in [3.05, 3.63) is 57.8 Å². The summed E-state index contributed by atoms with van der Waals surface area (Å²) in [6.07, 6.45) is -4.69. The lowest BCUT2D eigenvalue weighted by molar-refractivity contribution is -0.137. The molecule has 0 spiro atoms. The minimum Gasteiger partial charge on any atom is -0.206 e. The van der Waals surface area contributed by atoms with Gasteiger partial charge < -0.3 is 0 Å².